The topological polar surface area (TPSA) is 92.9 Å². The minimum absolute atomic E-state index is 0.0401. The van der Waals surface area contributed by atoms with Crippen molar-refractivity contribution in [3.8, 4) is 22.9 Å². The summed E-state index contributed by atoms with van der Waals surface area (Å²) in [6.45, 7) is 1.92. The number of thioether (sulfide) groups is 1. The molecule has 0 aliphatic carbocycles. The molecule has 0 aliphatic heterocycles. The molecule has 0 spiro atoms. The predicted molar refractivity (Wildman–Crippen MR) is 113 cm³/mol. The zero-order valence-corrected chi connectivity index (χ0v) is 17.1. The van der Waals surface area contributed by atoms with E-state index in [1.807, 2.05) is 43.3 Å². The van der Waals surface area contributed by atoms with Crippen molar-refractivity contribution in [2.45, 2.75) is 12.1 Å². The number of hydrogen-bond donors (Lipinski definition) is 2. The fourth-order valence-electron chi connectivity index (χ4n) is 3.26. The van der Waals surface area contributed by atoms with Gasteiger partial charge in [-0.05, 0) is 25.1 Å². The Morgan fingerprint density at radius 1 is 1.14 bits per heavy atom. The van der Waals surface area contributed by atoms with E-state index in [1.54, 1.807) is 20.3 Å². The second-order valence-electron chi connectivity index (χ2n) is 6.42. The maximum Gasteiger partial charge on any atom is 0.209 e. The van der Waals surface area contributed by atoms with Crippen molar-refractivity contribution in [1.82, 2.24) is 20.2 Å². The summed E-state index contributed by atoms with van der Waals surface area (Å²) >= 11 is 1.30. The summed E-state index contributed by atoms with van der Waals surface area (Å²) < 4.78 is 10.6. The second kappa shape index (κ2) is 8.00. The van der Waals surface area contributed by atoms with Gasteiger partial charge < -0.3 is 14.5 Å². The van der Waals surface area contributed by atoms with Gasteiger partial charge in [0, 0.05) is 28.2 Å². The van der Waals surface area contributed by atoms with Crippen molar-refractivity contribution in [2.75, 3.05) is 20.0 Å². The summed E-state index contributed by atoms with van der Waals surface area (Å²) in [5, 5.41) is 8.58. The third kappa shape index (κ3) is 3.71. The lowest BCUT2D eigenvalue weighted by Gasteiger charge is -2.07. The lowest BCUT2D eigenvalue weighted by molar-refractivity contribution is 0.102. The Morgan fingerprint density at radius 3 is 2.76 bits per heavy atom. The monoisotopic (exact) mass is 408 g/mol. The number of ether oxygens (including phenoxy) is 2. The van der Waals surface area contributed by atoms with E-state index in [2.05, 4.69) is 20.2 Å². The van der Waals surface area contributed by atoms with Crippen molar-refractivity contribution in [3.05, 3.63) is 53.7 Å². The first-order chi connectivity index (χ1) is 14.1. The number of ketones is 1. The molecule has 7 nitrogen and oxygen atoms in total. The van der Waals surface area contributed by atoms with E-state index >= 15 is 0 Å². The Balaban J connectivity index is 1.51. The molecular formula is C21H20N4O3S. The van der Waals surface area contributed by atoms with Gasteiger partial charge in [0.25, 0.3) is 0 Å². The first-order valence-corrected chi connectivity index (χ1v) is 9.97. The Morgan fingerprint density at radius 2 is 1.97 bits per heavy atom. The van der Waals surface area contributed by atoms with Gasteiger partial charge in [-0.15, -0.1) is 5.10 Å². The van der Waals surface area contributed by atoms with Gasteiger partial charge in [0.1, 0.15) is 11.5 Å². The molecule has 0 bridgehead atoms. The first-order valence-electron chi connectivity index (χ1n) is 8.99. The molecule has 0 atom stereocenters. The van der Waals surface area contributed by atoms with Gasteiger partial charge in [-0.3, -0.25) is 9.89 Å². The molecule has 29 heavy (non-hydrogen) atoms. The van der Waals surface area contributed by atoms with Gasteiger partial charge in [-0.25, -0.2) is 4.98 Å². The van der Waals surface area contributed by atoms with Crippen molar-refractivity contribution >= 4 is 28.4 Å². The standard InChI is InChI=1S/C21H20N4O3S/c1-12-19(14-6-4-5-7-16(14)22-12)17(26)11-29-21-23-20(24-25-21)15-9-8-13(27-2)10-18(15)28-3/h4-10,22H,11H2,1-3H3,(H,23,24,25). The van der Waals surface area contributed by atoms with Crippen LogP contribution in [0.3, 0.4) is 0 Å². The number of nitrogens with one attached hydrogen (secondary N) is 2. The number of H-pyrrole nitrogens is 2. The van der Waals surface area contributed by atoms with Gasteiger partial charge in [0.05, 0.1) is 25.5 Å². The molecule has 2 N–H and O–H groups in total. The van der Waals surface area contributed by atoms with Crippen molar-refractivity contribution in [2.24, 2.45) is 0 Å². The number of aryl methyl sites for hydroxylation is 1. The highest BCUT2D eigenvalue weighted by Crippen LogP contribution is 2.32. The van der Waals surface area contributed by atoms with Gasteiger partial charge in [-0.2, -0.15) is 0 Å². The molecule has 0 aliphatic rings. The molecule has 0 saturated heterocycles. The average molecular weight is 408 g/mol. The molecule has 0 radical (unpaired) electrons. The van der Waals surface area contributed by atoms with E-state index in [9.17, 15) is 4.79 Å². The number of aromatic amines is 2. The number of aromatic nitrogens is 4. The SMILES string of the molecule is COc1ccc(-c2nc(SCC(=O)c3c(C)[nH]c4ccccc34)n[nH]2)c(OC)c1. The number of hydrogen-bond acceptors (Lipinski definition) is 6. The van der Waals surface area contributed by atoms with Crippen LogP contribution in [0.25, 0.3) is 22.3 Å². The molecule has 2 heterocycles. The van der Waals surface area contributed by atoms with Gasteiger partial charge in [0.15, 0.2) is 11.6 Å². The minimum Gasteiger partial charge on any atom is -0.497 e. The number of Topliss-reactive ketones (excluding diaryl/α,β-unsaturated/α-hetero) is 1. The quantitative estimate of drug-likeness (QED) is 0.351. The van der Waals surface area contributed by atoms with Gasteiger partial charge >= 0.3 is 0 Å². The zero-order valence-electron chi connectivity index (χ0n) is 16.3. The van der Waals surface area contributed by atoms with E-state index in [-0.39, 0.29) is 11.5 Å². The summed E-state index contributed by atoms with van der Waals surface area (Å²) in [5.41, 5.74) is 3.33. The first kappa shape index (κ1) is 19.1. The molecule has 2 aromatic heterocycles. The third-order valence-corrected chi connectivity index (χ3v) is 5.48. The molecule has 0 amide bonds. The average Bonchev–Trinajstić information content (AvgIpc) is 3.35. The number of carbonyl (C=O) groups is 1. The second-order valence-corrected chi connectivity index (χ2v) is 7.36. The highest BCUT2D eigenvalue weighted by atomic mass is 32.2. The van der Waals surface area contributed by atoms with Crippen LogP contribution in [0.4, 0.5) is 0 Å². The smallest absolute Gasteiger partial charge is 0.209 e. The number of methoxy groups -OCH3 is 2. The van der Waals surface area contributed by atoms with E-state index in [1.165, 1.54) is 11.8 Å². The minimum atomic E-state index is 0.0401. The predicted octanol–water partition coefficient (Wildman–Crippen LogP) is 4.25. The number of benzene rings is 2. The van der Waals surface area contributed by atoms with Crippen LogP contribution in [0, 0.1) is 6.92 Å². The van der Waals surface area contributed by atoms with Crippen LogP contribution < -0.4 is 9.47 Å². The Labute approximate surface area is 171 Å². The molecule has 148 valence electrons. The lowest BCUT2D eigenvalue weighted by atomic mass is 10.1. The fourth-order valence-corrected chi connectivity index (χ4v) is 3.93. The van der Waals surface area contributed by atoms with Gasteiger partial charge in [-0.1, -0.05) is 30.0 Å². The molecular weight excluding hydrogens is 388 g/mol. The molecule has 8 heteroatoms. The zero-order chi connectivity index (χ0) is 20.4. The number of para-hydroxylation sites is 1. The van der Waals surface area contributed by atoms with Crippen LogP contribution >= 0.6 is 11.8 Å². The molecule has 0 saturated carbocycles. The van der Waals surface area contributed by atoms with Crippen LogP contribution in [0.5, 0.6) is 11.5 Å². The fraction of sp³-hybridized carbons (Fsp3) is 0.190. The number of rotatable bonds is 7. The normalized spacial score (nSPS) is 11.0. The Bertz CT molecular complexity index is 1180. The van der Waals surface area contributed by atoms with Crippen LogP contribution in [0.1, 0.15) is 16.1 Å². The van der Waals surface area contributed by atoms with Crippen molar-refractivity contribution in [1.29, 1.82) is 0 Å². The number of fused-ring (bicyclic) bond motifs is 1. The molecule has 4 rings (SSSR count). The summed E-state index contributed by atoms with van der Waals surface area (Å²) in [4.78, 5) is 20.6. The highest BCUT2D eigenvalue weighted by molar-refractivity contribution is 7.99. The molecule has 4 aromatic rings. The summed E-state index contributed by atoms with van der Waals surface area (Å²) in [6.07, 6.45) is 0. The van der Waals surface area contributed by atoms with Crippen LogP contribution in [-0.2, 0) is 0 Å². The van der Waals surface area contributed by atoms with Gasteiger partial charge in [0.2, 0.25) is 5.16 Å². The van der Waals surface area contributed by atoms with Crippen molar-refractivity contribution in [3.63, 3.8) is 0 Å². The van der Waals surface area contributed by atoms with Crippen LogP contribution in [0.15, 0.2) is 47.6 Å². The summed E-state index contributed by atoms with van der Waals surface area (Å²) in [5.74, 6) is 2.18. The van der Waals surface area contributed by atoms with E-state index in [0.29, 0.717) is 22.5 Å². The van der Waals surface area contributed by atoms with E-state index < -0.39 is 0 Å². The Kier molecular flexibility index (Phi) is 5.26. The summed E-state index contributed by atoms with van der Waals surface area (Å²) in [6, 6.07) is 13.3. The van der Waals surface area contributed by atoms with Crippen molar-refractivity contribution < 1.29 is 14.3 Å². The Hall–Kier alpha value is -3.26. The maximum absolute atomic E-state index is 12.8. The number of nitrogens with zero attached hydrogens (tertiary/aromatic N) is 2. The van der Waals surface area contributed by atoms with Crippen LogP contribution in [-0.4, -0.2) is 45.9 Å². The largest absolute Gasteiger partial charge is 0.497 e. The molecule has 0 unspecified atom stereocenters. The lowest BCUT2D eigenvalue weighted by Crippen LogP contribution is -2.03. The van der Waals surface area contributed by atoms with E-state index in [4.69, 9.17) is 9.47 Å². The summed E-state index contributed by atoms with van der Waals surface area (Å²) in [7, 11) is 3.19. The molecule has 0 fully saturated rings. The third-order valence-electron chi connectivity index (χ3n) is 4.63. The number of carbonyl (C=O) groups excluding carboxylic acids is 1. The van der Waals surface area contributed by atoms with Crippen LogP contribution in [0.2, 0.25) is 0 Å². The highest BCUT2D eigenvalue weighted by Gasteiger charge is 2.18. The van der Waals surface area contributed by atoms with E-state index in [0.717, 1.165) is 27.7 Å². The maximum atomic E-state index is 12.8. The molecule has 2 aromatic carbocycles.